The fourth-order valence-corrected chi connectivity index (χ4v) is 2.80. The van der Waals surface area contributed by atoms with E-state index in [2.05, 4.69) is 42.8 Å². The smallest absolute Gasteiger partial charge is 0.146 e. The first-order valence-electron chi connectivity index (χ1n) is 7.84. The Bertz CT molecular complexity index is 434. The van der Waals surface area contributed by atoms with Gasteiger partial charge in [-0.05, 0) is 59.1 Å². The third-order valence-corrected chi connectivity index (χ3v) is 3.79. The fourth-order valence-electron chi connectivity index (χ4n) is 2.80. The van der Waals surface area contributed by atoms with E-state index >= 15 is 0 Å². The topological polar surface area (TPSA) is 18.5 Å². The summed E-state index contributed by atoms with van der Waals surface area (Å²) >= 11 is 0. The summed E-state index contributed by atoms with van der Waals surface area (Å²) in [6.07, 6.45) is 0. The molecule has 0 aromatic heterocycles. The van der Waals surface area contributed by atoms with Gasteiger partial charge in [0.25, 0.3) is 0 Å². The van der Waals surface area contributed by atoms with E-state index in [0.29, 0.717) is 5.69 Å². The zero-order valence-electron chi connectivity index (χ0n) is 14.3. The van der Waals surface area contributed by atoms with Crippen molar-refractivity contribution in [1.82, 2.24) is 10.2 Å². The van der Waals surface area contributed by atoms with E-state index < -0.39 is 0 Å². The quantitative estimate of drug-likeness (QED) is 0.794. The van der Waals surface area contributed by atoms with Crippen LogP contribution >= 0.6 is 0 Å². The average molecular weight is 295 g/mol. The first-order chi connectivity index (χ1) is 9.90. The highest BCUT2D eigenvalue weighted by Gasteiger charge is 2.18. The maximum absolute atomic E-state index is 14.5. The van der Waals surface area contributed by atoms with Gasteiger partial charge in [0.15, 0.2) is 0 Å². The molecule has 0 spiro atoms. The van der Waals surface area contributed by atoms with Gasteiger partial charge in [-0.2, -0.15) is 0 Å². The van der Waals surface area contributed by atoms with Crippen molar-refractivity contribution < 1.29 is 4.39 Å². The maximum Gasteiger partial charge on any atom is 0.146 e. The molecule has 3 nitrogen and oxygen atoms in total. The van der Waals surface area contributed by atoms with Crippen LogP contribution in [0.3, 0.4) is 0 Å². The summed E-state index contributed by atoms with van der Waals surface area (Å²) in [5, 5.41) is 3.31. The summed E-state index contributed by atoms with van der Waals surface area (Å²) in [6.45, 7) is 10.9. The molecular formula is C17H30FN3. The first kappa shape index (κ1) is 17.9. The third kappa shape index (κ3) is 4.97. The first-order valence-corrected chi connectivity index (χ1v) is 7.84. The molecule has 2 unspecified atom stereocenters. The predicted molar refractivity (Wildman–Crippen MR) is 89.5 cm³/mol. The van der Waals surface area contributed by atoms with Crippen molar-refractivity contribution in [3.05, 3.63) is 29.6 Å². The molecule has 120 valence electrons. The van der Waals surface area contributed by atoms with Gasteiger partial charge in [-0.25, -0.2) is 4.39 Å². The summed E-state index contributed by atoms with van der Waals surface area (Å²) in [5.74, 6) is -0.135. The molecular weight excluding hydrogens is 265 g/mol. The van der Waals surface area contributed by atoms with E-state index in [0.717, 1.165) is 25.2 Å². The number of anilines is 1. The van der Waals surface area contributed by atoms with Crippen molar-refractivity contribution in [2.75, 3.05) is 38.6 Å². The van der Waals surface area contributed by atoms with Crippen LogP contribution in [0.2, 0.25) is 0 Å². The van der Waals surface area contributed by atoms with E-state index in [9.17, 15) is 4.39 Å². The number of nitrogens with one attached hydrogen (secondary N) is 1. The summed E-state index contributed by atoms with van der Waals surface area (Å²) in [6, 6.07) is 6.04. The second-order valence-electron chi connectivity index (χ2n) is 5.89. The van der Waals surface area contributed by atoms with Crippen molar-refractivity contribution >= 4 is 5.69 Å². The number of benzene rings is 1. The Hall–Kier alpha value is -1.13. The van der Waals surface area contributed by atoms with Gasteiger partial charge in [-0.15, -0.1) is 0 Å². The van der Waals surface area contributed by atoms with Crippen LogP contribution in [0.5, 0.6) is 0 Å². The lowest BCUT2D eigenvalue weighted by molar-refractivity contribution is 0.371. The Morgan fingerprint density at radius 2 is 1.86 bits per heavy atom. The standard InChI is InChI=1S/C17H30FN3/c1-7-19-14(4)15-9-10-17(16(18)11-15)21(8-2)13(3)12-20(5)6/h9-11,13-14,19H,7-8,12H2,1-6H3. The van der Waals surface area contributed by atoms with Crippen LogP contribution in [0, 0.1) is 5.82 Å². The van der Waals surface area contributed by atoms with E-state index in [1.807, 2.05) is 26.2 Å². The molecule has 21 heavy (non-hydrogen) atoms. The van der Waals surface area contributed by atoms with Crippen LogP contribution in [0.25, 0.3) is 0 Å². The minimum absolute atomic E-state index is 0.135. The fraction of sp³-hybridized carbons (Fsp3) is 0.647. The molecule has 0 radical (unpaired) electrons. The maximum atomic E-state index is 14.5. The lowest BCUT2D eigenvalue weighted by Crippen LogP contribution is -2.40. The molecule has 1 aromatic rings. The summed E-state index contributed by atoms with van der Waals surface area (Å²) < 4.78 is 14.5. The third-order valence-electron chi connectivity index (χ3n) is 3.79. The van der Waals surface area contributed by atoms with E-state index in [1.54, 1.807) is 6.07 Å². The van der Waals surface area contributed by atoms with Crippen LogP contribution in [0.15, 0.2) is 18.2 Å². The molecule has 4 heteroatoms. The van der Waals surface area contributed by atoms with Crippen molar-refractivity contribution in [3.8, 4) is 0 Å². The molecule has 0 fully saturated rings. The largest absolute Gasteiger partial charge is 0.365 e. The SMILES string of the molecule is CCNC(C)c1ccc(N(CC)C(C)CN(C)C)c(F)c1. The Balaban J connectivity index is 2.96. The van der Waals surface area contributed by atoms with Gasteiger partial charge in [-0.3, -0.25) is 0 Å². The molecule has 0 saturated heterocycles. The number of halogens is 1. The van der Waals surface area contributed by atoms with Crippen LogP contribution in [-0.4, -0.2) is 44.7 Å². The Kier molecular flexibility index (Phi) is 7.12. The summed E-state index contributed by atoms with van der Waals surface area (Å²) in [7, 11) is 4.09. The minimum atomic E-state index is -0.135. The van der Waals surface area contributed by atoms with Crippen LogP contribution in [0.1, 0.15) is 39.3 Å². The molecule has 2 atom stereocenters. The molecule has 0 saturated carbocycles. The van der Waals surface area contributed by atoms with Gasteiger partial charge in [0.2, 0.25) is 0 Å². The molecule has 0 amide bonds. The predicted octanol–water partition coefficient (Wildman–Crippen LogP) is 3.27. The monoisotopic (exact) mass is 295 g/mol. The Morgan fingerprint density at radius 3 is 2.33 bits per heavy atom. The van der Waals surface area contributed by atoms with Gasteiger partial charge in [0.1, 0.15) is 5.82 Å². The van der Waals surface area contributed by atoms with E-state index in [-0.39, 0.29) is 17.9 Å². The molecule has 0 bridgehead atoms. The van der Waals surface area contributed by atoms with Crippen molar-refractivity contribution in [1.29, 1.82) is 0 Å². The van der Waals surface area contributed by atoms with Gasteiger partial charge in [-0.1, -0.05) is 13.0 Å². The zero-order valence-corrected chi connectivity index (χ0v) is 14.3. The van der Waals surface area contributed by atoms with Gasteiger partial charge in [0.05, 0.1) is 5.69 Å². The van der Waals surface area contributed by atoms with Gasteiger partial charge >= 0.3 is 0 Å². The van der Waals surface area contributed by atoms with Crippen molar-refractivity contribution in [2.24, 2.45) is 0 Å². The number of hydrogen-bond donors (Lipinski definition) is 1. The molecule has 0 heterocycles. The number of rotatable bonds is 8. The molecule has 0 aliphatic carbocycles. The van der Waals surface area contributed by atoms with Crippen molar-refractivity contribution in [3.63, 3.8) is 0 Å². The molecule has 1 N–H and O–H groups in total. The highest BCUT2D eigenvalue weighted by atomic mass is 19.1. The Labute approximate surface area is 129 Å². The molecule has 1 aromatic carbocycles. The highest BCUT2D eigenvalue weighted by Crippen LogP contribution is 2.25. The number of hydrogen-bond acceptors (Lipinski definition) is 3. The van der Waals surface area contributed by atoms with Crippen LogP contribution < -0.4 is 10.2 Å². The average Bonchev–Trinajstić information content (AvgIpc) is 2.40. The molecule has 0 aliphatic rings. The Morgan fingerprint density at radius 1 is 1.19 bits per heavy atom. The van der Waals surface area contributed by atoms with Crippen LogP contribution in [0.4, 0.5) is 10.1 Å². The highest BCUT2D eigenvalue weighted by molar-refractivity contribution is 5.50. The van der Waals surface area contributed by atoms with Gasteiger partial charge in [0, 0.05) is 25.2 Å². The zero-order chi connectivity index (χ0) is 16.0. The summed E-state index contributed by atoms with van der Waals surface area (Å²) in [5.41, 5.74) is 1.69. The van der Waals surface area contributed by atoms with E-state index in [4.69, 9.17) is 0 Å². The van der Waals surface area contributed by atoms with E-state index in [1.165, 1.54) is 0 Å². The number of likely N-dealkylation sites (N-methyl/N-ethyl adjacent to an activating group) is 2. The number of nitrogens with zero attached hydrogens (tertiary/aromatic N) is 2. The molecule has 1 rings (SSSR count). The minimum Gasteiger partial charge on any atom is -0.365 e. The molecule has 0 aliphatic heterocycles. The second-order valence-corrected chi connectivity index (χ2v) is 5.89. The lowest BCUT2D eigenvalue weighted by Gasteiger charge is -2.32. The normalized spacial score (nSPS) is 14.3. The van der Waals surface area contributed by atoms with Crippen LogP contribution in [-0.2, 0) is 0 Å². The van der Waals surface area contributed by atoms with Gasteiger partial charge < -0.3 is 15.1 Å². The lowest BCUT2D eigenvalue weighted by atomic mass is 10.1. The van der Waals surface area contributed by atoms with Crippen molar-refractivity contribution in [2.45, 2.75) is 39.8 Å². The second kappa shape index (κ2) is 8.35. The summed E-state index contributed by atoms with van der Waals surface area (Å²) in [4.78, 5) is 4.25.